The van der Waals surface area contributed by atoms with Crippen molar-refractivity contribution < 1.29 is 14.6 Å². The quantitative estimate of drug-likeness (QED) is 0.498. The Morgan fingerprint density at radius 1 is 1.00 bits per heavy atom. The van der Waals surface area contributed by atoms with Crippen molar-refractivity contribution in [1.29, 1.82) is 0 Å². The van der Waals surface area contributed by atoms with E-state index in [2.05, 4.69) is 15.3 Å². The maximum absolute atomic E-state index is 11.9. The fourth-order valence-corrected chi connectivity index (χ4v) is 3.26. The van der Waals surface area contributed by atoms with Gasteiger partial charge in [-0.1, -0.05) is 30.3 Å². The van der Waals surface area contributed by atoms with Gasteiger partial charge < -0.3 is 15.2 Å². The van der Waals surface area contributed by atoms with Crippen molar-refractivity contribution in [2.24, 2.45) is 0 Å². The molecule has 2 heterocycles. The summed E-state index contributed by atoms with van der Waals surface area (Å²) in [5.74, 6) is -0.323. The van der Waals surface area contributed by atoms with E-state index in [1.807, 2.05) is 48.5 Å². The smallest absolute Gasteiger partial charge is 0.337 e. The number of ether oxygens (including phenoxy) is 1. The summed E-state index contributed by atoms with van der Waals surface area (Å²) >= 11 is 0. The van der Waals surface area contributed by atoms with Crippen LogP contribution in [0.1, 0.15) is 27.7 Å². The summed E-state index contributed by atoms with van der Waals surface area (Å²) in [7, 11) is 1.35. The van der Waals surface area contributed by atoms with Crippen LogP contribution >= 0.6 is 0 Å². The van der Waals surface area contributed by atoms with Gasteiger partial charge in [-0.3, -0.25) is 9.97 Å². The van der Waals surface area contributed by atoms with Crippen LogP contribution in [-0.4, -0.2) is 28.2 Å². The number of anilines is 1. The van der Waals surface area contributed by atoms with Gasteiger partial charge in [-0.05, 0) is 36.4 Å². The minimum Gasteiger partial charge on any atom is -0.505 e. The molecule has 6 heteroatoms. The lowest BCUT2D eigenvalue weighted by Crippen LogP contribution is -2.14. The fraction of sp³-hybridized carbons (Fsp3) is 0.0870. The van der Waals surface area contributed by atoms with Gasteiger partial charge >= 0.3 is 5.97 Å². The molecule has 0 fully saturated rings. The standard InChI is InChI=1S/C23H19N3O3/c1-29-23(28)16-6-4-8-17(14-16)26-21(19-9-2-3-12-24-19)18-11-10-15-7-5-13-25-20(15)22(18)27/h2-14,21,26-27H,1H3/t21-/m1/s1. The topological polar surface area (TPSA) is 84.3 Å². The van der Waals surface area contributed by atoms with Gasteiger partial charge in [-0.2, -0.15) is 0 Å². The minimum atomic E-state index is -0.449. The summed E-state index contributed by atoms with van der Waals surface area (Å²) in [4.78, 5) is 20.7. The van der Waals surface area contributed by atoms with E-state index in [9.17, 15) is 9.90 Å². The van der Waals surface area contributed by atoms with Crippen LogP contribution in [-0.2, 0) is 4.74 Å². The summed E-state index contributed by atoms with van der Waals surface area (Å²) < 4.78 is 4.81. The van der Waals surface area contributed by atoms with Crippen molar-refractivity contribution in [3.63, 3.8) is 0 Å². The number of benzene rings is 2. The molecule has 144 valence electrons. The number of pyridine rings is 2. The predicted octanol–water partition coefficient (Wildman–Crippen LogP) is 4.32. The molecule has 2 aromatic carbocycles. The zero-order valence-corrected chi connectivity index (χ0v) is 15.7. The molecule has 2 N–H and O–H groups in total. The van der Waals surface area contributed by atoms with E-state index in [4.69, 9.17) is 4.74 Å². The van der Waals surface area contributed by atoms with E-state index in [1.54, 1.807) is 30.6 Å². The van der Waals surface area contributed by atoms with Crippen LogP contribution in [0, 0.1) is 0 Å². The highest BCUT2D eigenvalue weighted by atomic mass is 16.5. The average molecular weight is 385 g/mol. The monoisotopic (exact) mass is 385 g/mol. The predicted molar refractivity (Wildman–Crippen MR) is 111 cm³/mol. The number of carbonyl (C=O) groups excluding carboxylic acids is 1. The van der Waals surface area contributed by atoms with Gasteiger partial charge in [0.05, 0.1) is 24.4 Å². The Morgan fingerprint density at radius 3 is 2.66 bits per heavy atom. The summed E-state index contributed by atoms with van der Waals surface area (Å²) in [5, 5.41) is 15.2. The number of phenols is 1. The number of nitrogens with one attached hydrogen (secondary N) is 1. The number of hydrogen-bond acceptors (Lipinski definition) is 6. The molecule has 2 aromatic heterocycles. The van der Waals surface area contributed by atoms with Gasteiger partial charge in [0, 0.05) is 29.0 Å². The number of phenolic OH excluding ortho intramolecular Hbond substituents is 1. The van der Waals surface area contributed by atoms with Crippen molar-refractivity contribution >= 4 is 22.6 Å². The molecule has 0 saturated heterocycles. The van der Waals surface area contributed by atoms with E-state index in [1.165, 1.54) is 7.11 Å². The molecule has 0 unspecified atom stereocenters. The molecular weight excluding hydrogens is 366 g/mol. The van der Waals surface area contributed by atoms with Gasteiger partial charge in [0.25, 0.3) is 0 Å². The number of carbonyl (C=O) groups is 1. The number of methoxy groups -OCH3 is 1. The van der Waals surface area contributed by atoms with Crippen LogP contribution < -0.4 is 5.32 Å². The second-order valence-corrected chi connectivity index (χ2v) is 6.48. The molecule has 6 nitrogen and oxygen atoms in total. The average Bonchev–Trinajstić information content (AvgIpc) is 2.78. The Balaban J connectivity index is 1.80. The van der Waals surface area contributed by atoms with Gasteiger partial charge in [0.15, 0.2) is 0 Å². The van der Waals surface area contributed by atoms with Crippen LogP contribution in [0.25, 0.3) is 10.9 Å². The summed E-state index contributed by atoms with van der Waals surface area (Å²) in [6.45, 7) is 0. The number of hydrogen-bond donors (Lipinski definition) is 2. The van der Waals surface area contributed by atoms with Crippen LogP contribution in [0.4, 0.5) is 5.69 Å². The molecule has 4 rings (SSSR count). The van der Waals surface area contributed by atoms with Gasteiger partial charge in [-0.25, -0.2) is 4.79 Å². The Kier molecular flexibility index (Phi) is 5.07. The van der Waals surface area contributed by atoms with Crippen LogP contribution in [0.5, 0.6) is 5.75 Å². The van der Waals surface area contributed by atoms with Crippen molar-refractivity contribution in [3.05, 3.63) is 95.9 Å². The van der Waals surface area contributed by atoms with E-state index >= 15 is 0 Å². The number of rotatable bonds is 5. The molecule has 0 aliphatic carbocycles. The first-order valence-corrected chi connectivity index (χ1v) is 9.10. The first-order valence-electron chi connectivity index (χ1n) is 9.10. The molecule has 29 heavy (non-hydrogen) atoms. The summed E-state index contributed by atoms with van der Waals surface area (Å²) in [6.07, 6.45) is 3.35. The lowest BCUT2D eigenvalue weighted by Gasteiger charge is -2.22. The third-order valence-corrected chi connectivity index (χ3v) is 4.67. The molecule has 0 aliphatic rings. The molecule has 0 radical (unpaired) electrons. The highest BCUT2D eigenvalue weighted by molar-refractivity contribution is 5.90. The third kappa shape index (κ3) is 3.73. The fourth-order valence-electron chi connectivity index (χ4n) is 3.26. The number of aromatic nitrogens is 2. The normalized spacial score (nSPS) is 11.8. The van der Waals surface area contributed by atoms with Crippen molar-refractivity contribution in [3.8, 4) is 5.75 Å². The molecule has 0 aliphatic heterocycles. The lowest BCUT2D eigenvalue weighted by atomic mass is 9.99. The van der Waals surface area contributed by atoms with Gasteiger partial charge in [-0.15, -0.1) is 0 Å². The van der Waals surface area contributed by atoms with Crippen molar-refractivity contribution in [2.75, 3.05) is 12.4 Å². The van der Waals surface area contributed by atoms with Crippen LogP contribution in [0.3, 0.4) is 0 Å². The Morgan fingerprint density at radius 2 is 1.86 bits per heavy atom. The Labute approximate surface area is 167 Å². The molecule has 0 bridgehead atoms. The Hall–Kier alpha value is -3.93. The third-order valence-electron chi connectivity index (χ3n) is 4.67. The van der Waals surface area contributed by atoms with Gasteiger partial charge in [0.1, 0.15) is 11.3 Å². The van der Waals surface area contributed by atoms with E-state index in [0.717, 1.165) is 11.1 Å². The van der Waals surface area contributed by atoms with Crippen LogP contribution in [0.2, 0.25) is 0 Å². The number of esters is 1. The zero-order chi connectivity index (χ0) is 20.2. The number of aromatic hydroxyl groups is 1. The number of fused-ring (bicyclic) bond motifs is 1. The van der Waals surface area contributed by atoms with Gasteiger partial charge in [0.2, 0.25) is 0 Å². The minimum absolute atomic E-state index is 0.0929. The molecular formula is C23H19N3O3. The van der Waals surface area contributed by atoms with E-state index < -0.39 is 12.0 Å². The second kappa shape index (κ2) is 7.98. The molecule has 0 spiro atoms. The number of nitrogens with zero attached hydrogens (tertiary/aromatic N) is 2. The Bertz CT molecular complexity index is 1160. The van der Waals surface area contributed by atoms with E-state index in [-0.39, 0.29) is 5.75 Å². The first-order chi connectivity index (χ1) is 14.2. The van der Waals surface area contributed by atoms with Crippen molar-refractivity contribution in [1.82, 2.24) is 9.97 Å². The maximum Gasteiger partial charge on any atom is 0.337 e. The largest absolute Gasteiger partial charge is 0.505 e. The zero-order valence-electron chi connectivity index (χ0n) is 15.7. The molecule has 4 aromatic rings. The van der Waals surface area contributed by atoms with Crippen molar-refractivity contribution in [2.45, 2.75) is 6.04 Å². The second-order valence-electron chi connectivity index (χ2n) is 6.48. The molecule has 0 saturated carbocycles. The molecule has 0 amide bonds. The summed E-state index contributed by atoms with van der Waals surface area (Å²) in [5.41, 5.74) is 3.02. The summed E-state index contributed by atoms with van der Waals surface area (Å²) in [6, 6.07) is 19.7. The first kappa shape index (κ1) is 18.4. The SMILES string of the molecule is COC(=O)c1cccc(N[C@@H](c2ccccn2)c2ccc3cccnc3c2O)c1. The maximum atomic E-state index is 11.9. The van der Waals surface area contributed by atoms with E-state index in [0.29, 0.717) is 22.3 Å². The highest BCUT2D eigenvalue weighted by Gasteiger charge is 2.21. The van der Waals surface area contributed by atoms with Crippen LogP contribution in [0.15, 0.2) is 79.1 Å². The highest BCUT2D eigenvalue weighted by Crippen LogP contribution is 2.35. The molecule has 1 atom stereocenters. The lowest BCUT2D eigenvalue weighted by molar-refractivity contribution is 0.0601.